The molecule has 0 fully saturated rings. The van der Waals surface area contributed by atoms with Crippen LogP contribution in [-0.2, 0) is 6.54 Å². The van der Waals surface area contributed by atoms with Crippen molar-refractivity contribution < 1.29 is 21.8 Å². The standard InChI is InChI=1S/C13H12NO.ClH/c15-13(12-7-3-1-4-8-12)11-14-9-5-2-6-10-14;/h1-10H,11H2;1H/q+1;/p-1. The van der Waals surface area contributed by atoms with Gasteiger partial charge in [0, 0.05) is 17.7 Å². The molecule has 1 aromatic carbocycles. The lowest BCUT2D eigenvalue weighted by atomic mass is 10.1. The van der Waals surface area contributed by atoms with Crippen LogP contribution in [0, 0.1) is 0 Å². The molecule has 2 aromatic rings. The van der Waals surface area contributed by atoms with E-state index in [9.17, 15) is 4.79 Å². The van der Waals surface area contributed by atoms with Crippen molar-refractivity contribution in [2.45, 2.75) is 6.54 Å². The molecular weight excluding hydrogens is 222 g/mol. The van der Waals surface area contributed by atoms with Crippen molar-refractivity contribution in [2.75, 3.05) is 0 Å². The minimum atomic E-state index is 0. The van der Waals surface area contributed by atoms with Gasteiger partial charge in [-0.3, -0.25) is 4.79 Å². The maximum Gasteiger partial charge on any atom is 0.227 e. The summed E-state index contributed by atoms with van der Waals surface area (Å²) >= 11 is 0. The van der Waals surface area contributed by atoms with E-state index >= 15 is 0 Å². The molecule has 82 valence electrons. The number of Topliss-reactive ketones (excluding diaryl/α,β-unsaturated/α-hetero) is 1. The van der Waals surface area contributed by atoms with E-state index in [-0.39, 0.29) is 18.2 Å². The van der Waals surface area contributed by atoms with Gasteiger partial charge in [-0.05, 0) is 0 Å². The number of carbonyl (C=O) groups is 1. The Morgan fingerprint density at radius 3 is 2.12 bits per heavy atom. The molecule has 0 unspecified atom stereocenters. The van der Waals surface area contributed by atoms with Crippen molar-refractivity contribution in [1.29, 1.82) is 0 Å². The van der Waals surface area contributed by atoms with E-state index in [1.54, 1.807) is 0 Å². The van der Waals surface area contributed by atoms with Crippen LogP contribution in [0.5, 0.6) is 0 Å². The van der Waals surface area contributed by atoms with Crippen LogP contribution in [0.1, 0.15) is 10.4 Å². The second kappa shape index (κ2) is 6.03. The number of carbonyl (C=O) groups excluding carboxylic acids is 1. The van der Waals surface area contributed by atoms with Gasteiger partial charge in [-0.2, -0.15) is 4.57 Å². The topological polar surface area (TPSA) is 20.9 Å². The Balaban J connectivity index is 0.00000128. The van der Waals surface area contributed by atoms with E-state index in [2.05, 4.69) is 0 Å². The normalized spacial score (nSPS) is 9.25. The zero-order valence-corrected chi connectivity index (χ0v) is 9.47. The van der Waals surface area contributed by atoms with E-state index in [0.717, 1.165) is 5.56 Å². The number of hydrogen-bond donors (Lipinski definition) is 0. The molecule has 2 nitrogen and oxygen atoms in total. The Labute approximate surface area is 101 Å². The van der Waals surface area contributed by atoms with Crippen LogP contribution in [0.25, 0.3) is 0 Å². The van der Waals surface area contributed by atoms with Crippen LogP contribution in [-0.4, -0.2) is 5.78 Å². The van der Waals surface area contributed by atoms with Crippen LogP contribution in [0.15, 0.2) is 60.9 Å². The molecule has 0 spiro atoms. The summed E-state index contributed by atoms with van der Waals surface area (Å²) in [4.78, 5) is 11.8. The molecular formula is C13H12ClNO. The predicted molar refractivity (Wildman–Crippen MR) is 57.4 cm³/mol. The Morgan fingerprint density at radius 2 is 1.50 bits per heavy atom. The van der Waals surface area contributed by atoms with Crippen LogP contribution < -0.4 is 17.0 Å². The number of nitrogens with zero attached hydrogens (tertiary/aromatic N) is 1. The monoisotopic (exact) mass is 233 g/mol. The van der Waals surface area contributed by atoms with Gasteiger partial charge < -0.3 is 12.4 Å². The molecule has 0 amide bonds. The van der Waals surface area contributed by atoms with Gasteiger partial charge in [-0.1, -0.05) is 36.4 Å². The highest BCUT2D eigenvalue weighted by molar-refractivity contribution is 5.94. The van der Waals surface area contributed by atoms with Gasteiger partial charge in [0.2, 0.25) is 12.3 Å². The molecule has 1 heterocycles. The molecule has 0 aliphatic carbocycles. The van der Waals surface area contributed by atoms with Crippen LogP contribution in [0.3, 0.4) is 0 Å². The van der Waals surface area contributed by atoms with Gasteiger partial charge in [0.05, 0.1) is 0 Å². The third-order valence-electron chi connectivity index (χ3n) is 2.20. The summed E-state index contributed by atoms with van der Waals surface area (Å²) in [5.74, 6) is 0.131. The lowest BCUT2D eigenvalue weighted by Gasteiger charge is -1.96. The first-order chi connectivity index (χ1) is 7.36. The first-order valence-corrected chi connectivity index (χ1v) is 4.88. The van der Waals surface area contributed by atoms with Crippen molar-refractivity contribution in [3.63, 3.8) is 0 Å². The molecule has 0 atom stereocenters. The zero-order chi connectivity index (χ0) is 10.5. The number of hydrogen-bond acceptors (Lipinski definition) is 1. The number of aromatic nitrogens is 1. The van der Waals surface area contributed by atoms with Crippen molar-refractivity contribution in [3.05, 3.63) is 66.5 Å². The average Bonchev–Trinajstić information content (AvgIpc) is 2.31. The summed E-state index contributed by atoms with van der Waals surface area (Å²) in [5.41, 5.74) is 0.758. The molecule has 0 saturated heterocycles. The van der Waals surface area contributed by atoms with Gasteiger partial charge in [-0.15, -0.1) is 0 Å². The van der Waals surface area contributed by atoms with Crippen molar-refractivity contribution in [1.82, 2.24) is 0 Å². The number of pyridine rings is 1. The fraction of sp³-hybridized carbons (Fsp3) is 0.0769. The largest absolute Gasteiger partial charge is 1.00 e. The highest BCUT2D eigenvalue weighted by atomic mass is 35.5. The second-order valence-electron chi connectivity index (χ2n) is 3.34. The minimum absolute atomic E-state index is 0. The molecule has 0 aliphatic heterocycles. The Morgan fingerprint density at radius 1 is 0.938 bits per heavy atom. The fourth-order valence-corrected chi connectivity index (χ4v) is 1.42. The summed E-state index contributed by atoms with van der Waals surface area (Å²) < 4.78 is 1.87. The van der Waals surface area contributed by atoms with Gasteiger partial charge in [0.25, 0.3) is 0 Å². The van der Waals surface area contributed by atoms with Crippen molar-refractivity contribution in [2.24, 2.45) is 0 Å². The van der Waals surface area contributed by atoms with Crippen molar-refractivity contribution in [3.8, 4) is 0 Å². The van der Waals surface area contributed by atoms with E-state index in [1.165, 1.54) is 0 Å². The molecule has 16 heavy (non-hydrogen) atoms. The van der Waals surface area contributed by atoms with Crippen LogP contribution >= 0.6 is 0 Å². The Bertz CT molecular complexity index is 442. The molecule has 3 heteroatoms. The SMILES string of the molecule is O=C(C[n+]1ccccc1)c1ccccc1.[Cl-]. The molecule has 2 rings (SSSR count). The maximum absolute atomic E-state index is 11.8. The molecule has 0 bridgehead atoms. The van der Waals surface area contributed by atoms with Crippen molar-refractivity contribution >= 4 is 5.78 Å². The van der Waals surface area contributed by atoms with Crippen LogP contribution in [0.4, 0.5) is 0 Å². The third-order valence-corrected chi connectivity index (χ3v) is 2.20. The van der Waals surface area contributed by atoms with Gasteiger partial charge in [0.1, 0.15) is 0 Å². The number of halogens is 1. The predicted octanol–water partition coefficient (Wildman–Crippen LogP) is -1.14. The number of ketones is 1. The molecule has 0 aliphatic rings. The maximum atomic E-state index is 11.8. The van der Waals surface area contributed by atoms with E-state index in [0.29, 0.717) is 6.54 Å². The summed E-state index contributed by atoms with van der Waals surface area (Å²) in [6.07, 6.45) is 3.78. The fourth-order valence-electron chi connectivity index (χ4n) is 1.42. The second-order valence-corrected chi connectivity index (χ2v) is 3.34. The van der Waals surface area contributed by atoms with E-state index in [4.69, 9.17) is 0 Å². The molecule has 1 aromatic heterocycles. The first-order valence-electron chi connectivity index (χ1n) is 4.88. The average molecular weight is 234 g/mol. The minimum Gasteiger partial charge on any atom is -1.00 e. The summed E-state index contributed by atoms with van der Waals surface area (Å²) in [7, 11) is 0. The zero-order valence-electron chi connectivity index (χ0n) is 8.71. The van der Waals surface area contributed by atoms with Gasteiger partial charge in [0.15, 0.2) is 12.4 Å². The number of rotatable bonds is 3. The van der Waals surface area contributed by atoms with E-state index in [1.807, 2.05) is 65.5 Å². The molecule has 0 N–H and O–H groups in total. The smallest absolute Gasteiger partial charge is 0.227 e. The lowest BCUT2D eigenvalue weighted by Crippen LogP contribution is -3.00. The molecule has 0 saturated carbocycles. The first kappa shape index (κ1) is 12.4. The summed E-state index contributed by atoms with van der Waals surface area (Å²) in [6, 6.07) is 15.1. The van der Waals surface area contributed by atoms with E-state index < -0.39 is 0 Å². The third kappa shape index (κ3) is 3.17. The molecule has 0 radical (unpaired) electrons. The highest BCUT2D eigenvalue weighted by Gasteiger charge is 2.10. The van der Waals surface area contributed by atoms with Gasteiger partial charge in [-0.25, -0.2) is 0 Å². The lowest BCUT2D eigenvalue weighted by molar-refractivity contribution is -0.683. The van der Waals surface area contributed by atoms with Crippen LogP contribution in [0.2, 0.25) is 0 Å². The Hall–Kier alpha value is -1.67. The highest BCUT2D eigenvalue weighted by Crippen LogP contribution is 1.99. The summed E-state index contributed by atoms with van der Waals surface area (Å²) in [5, 5.41) is 0. The number of benzene rings is 1. The van der Waals surface area contributed by atoms with Gasteiger partial charge >= 0.3 is 0 Å². The summed E-state index contributed by atoms with van der Waals surface area (Å²) in [6.45, 7) is 0.394. The Kier molecular flexibility index (Phi) is 4.67. The quantitative estimate of drug-likeness (QED) is 0.485.